The van der Waals surface area contributed by atoms with Crippen LogP contribution in [0.15, 0.2) is 72.8 Å². The lowest BCUT2D eigenvalue weighted by molar-refractivity contribution is -0.131. The molecule has 0 saturated carbocycles. The van der Waals surface area contributed by atoms with Crippen molar-refractivity contribution < 1.29 is 19.1 Å². The Morgan fingerprint density at radius 3 is 2.29 bits per heavy atom. The second-order valence-corrected chi connectivity index (χ2v) is 7.83. The number of amides is 2. The highest BCUT2D eigenvalue weighted by Crippen LogP contribution is 2.21. The average molecular weight is 457 g/mol. The number of benzene rings is 3. The van der Waals surface area contributed by atoms with Gasteiger partial charge in [-0.25, -0.2) is 4.68 Å². The van der Waals surface area contributed by atoms with Gasteiger partial charge in [0.05, 0.1) is 22.6 Å². The monoisotopic (exact) mass is 456 g/mol. The molecule has 0 aliphatic rings. The van der Waals surface area contributed by atoms with E-state index in [-0.39, 0.29) is 5.56 Å². The van der Waals surface area contributed by atoms with Crippen LogP contribution in [0.3, 0.4) is 0 Å². The Bertz CT molecular complexity index is 1380. The molecule has 1 aromatic heterocycles. The number of hydrogen-bond acceptors (Lipinski definition) is 5. The van der Waals surface area contributed by atoms with E-state index in [1.807, 2.05) is 66.7 Å². The van der Waals surface area contributed by atoms with E-state index in [2.05, 4.69) is 16.0 Å². The van der Waals surface area contributed by atoms with E-state index in [9.17, 15) is 14.4 Å². The number of carbonyl (C=O) groups excluding carboxylic acids is 3. The standard InChI is InChI=1S/C26H24N4O4/c1-16-23(17(2)30(29-16)21-11-5-4-6-12-21)24(31)26(33)28-27-25(32)18(3)34-22-14-13-19-9-7-8-10-20(19)15-22/h4-15,18H,1-3H3,(H,27,32)(H,28,33). The van der Waals surface area contributed by atoms with Gasteiger partial charge in [-0.15, -0.1) is 0 Å². The Labute approximate surface area is 196 Å². The van der Waals surface area contributed by atoms with Crippen molar-refractivity contribution in [2.45, 2.75) is 26.9 Å². The summed E-state index contributed by atoms with van der Waals surface area (Å²) in [6, 6.07) is 22.6. The second-order valence-electron chi connectivity index (χ2n) is 7.83. The van der Waals surface area contributed by atoms with Crippen LogP contribution in [0, 0.1) is 13.8 Å². The normalized spacial score (nSPS) is 11.6. The number of hydrazine groups is 1. The number of carbonyl (C=O) groups is 3. The van der Waals surface area contributed by atoms with Crippen molar-refractivity contribution in [3.63, 3.8) is 0 Å². The van der Waals surface area contributed by atoms with Crippen LogP contribution in [0.2, 0.25) is 0 Å². The largest absolute Gasteiger partial charge is 0.481 e. The van der Waals surface area contributed by atoms with Gasteiger partial charge >= 0.3 is 5.91 Å². The maximum atomic E-state index is 12.8. The molecular weight excluding hydrogens is 432 g/mol. The minimum absolute atomic E-state index is 0.191. The van der Waals surface area contributed by atoms with E-state index in [4.69, 9.17) is 4.74 Å². The zero-order valence-electron chi connectivity index (χ0n) is 19.0. The van der Waals surface area contributed by atoms with Gasteiger partial charge in [-0.2, -0.15) is 5.10 Å². The topological polar surface area (TPSA) is 102 Å². The van der Waals surface area contributed by atoms with Crippen LogP contribution in [-0.4, -0.2) is 33.5 Å². The summed E-state index contributed by atoms with van der Waals surface area (Å²) in [5.41, 5.74) is 6.34. The average Bonchev–Trinajstić information content (AvgIpc) is 3.15. The lowest BCUT2D eigenvalue weighted by Crippen LogP contribution is -2.49. The first-order valence-corrected chi connectivity index (χ1v) is 10.8. The summed E-state index contributed by atoms with van der Waals surface area (Å²) < 4.78 is 7.30. The number of Topliss-reactive ketones (excluding diaryl/α,β-unsaturated/α-hetero) is 1. The van der Waals surface area contributed by atoms with E-state index in [1.165, 1.54) is 0 Å². The number of rotatable bonds is 6. The summed E-state index contributed by atoms with van der Waals surface area (Å²) in [7, 11) is 0. The predicted octanol–water partition coefficient (Wildman–Crippen LogP) is 3.44. The molecule has 0 fully saturated rings. The number of para-hydroxylation sites is 1. The van der Waals surface area contributed by atoms with Gasteiger partial charge in [0.1, 0.15) is 5.75 Å². The fraction of sp³-hybridized carbons (Fsp3) is 0.154. The van der Waals surface area contributed by atoms with E-state index in [0.29, 0.717) is 17.1 Å². The lowest BCUT2D eigenvalue weighted by atomic mass is 10.1. The molecule has 1 atom stereocenters. The quantitative estimate of drug-likeness (QED) is 0.263. The van der Waals surface area contributed by atoms with Crippen LogP contribution in [0.1, 0.15) is 28.7 Å². The van der Waals surface area contributed by atoms with Crippen molar-refractivity contribution in [2.75, 3.05) is 0 Å². The molecule has 2 N–H and O–H groups in total. The number of fused-ring (bicyclic) bond motifs is 1. The van der Waals surface area contributed by atoms with Gasteiger partial charge in [-0.05, 0) is 55.8 Å². The fourth-order valence-electron chi connectivity index (χ4n) is 3.68. The number of nitrogens with zero attached hydrogens (tertiary/aromatic N) is 2. The van der Waals surface area contributed by atoms with Gasteiger partial charge < -0.3 is 4.74 Å². The van der Waals surface area contributed by atoms with Crippen LogP contribution in [0.25, 0.3) is 16.5 Å². The van der Waals surface area contributed by atoms with Crippen molar-refractivity contribution in [2.24, 2.45) is 0 Å². The molecule has 8 heteroatoms. The Balaban J connectivity index is 1.38. The number of ketones is 1. The maximum Gasteiger partial charge on any atom is 0.310 e. The fourth-order valence-corrected chi connectivity index (χ4v) is 3.68. The third-order valence-corrected chi connectivity index (χ3v) is 5.43. The van der Waals surface area contributed by atoms with Crippen LogP contribution in [0.4, 0.5) is 0 Å². The summed E-state index contributed by atoms with van der Waals surface area (Å²) in [5.74, 6) is -1.84. The molecule has 0 aliphatic carbocycles. The van der Waals surface area contributed by atoms with E-state index < -0.39 is 23.7 Å². The van der Waals surface area contributed by atoms with Crippen molar-refractivity contribution >= 4 is 28.4 Å². The number of aromatic nitrogens is 2. The van der Waals surface area contributed by atoms with Crippen molar-refractivity contribution in [1.29, 1.82) is 0 Å². The lowest BCUT2D eigenvalue weighted by Gasteiger charge is -2.15. The minimum Gasteiger partial charge on any atom is -0.481 e. The molecule has 0 spiro atoms. The molecule has 8 nitrogen and oxygen atoms in total. The van der Waals surface area contributed by atoms with Gasteiger partial charge in [0, 0.05) is 0 Å². The molecule has 0 saturated heterocycles. The molecule has 4 aromatic rings. The van der Waals surface area contributed by atoms with Crippen LogP contribution >= 0.6 is 0 Å². The number of nitrogens with one attached hydrogen (secondary N) is 2. The molecule has 34 heavy (non-hydrogen) atoms. The molecule has 0 aliphatic heterocycles. The zero-order valence-corrected chi connectivity index (χ0v) is 19.0. The predicted molar refractivity (Wildman–Crippen MR) is 128 cm³/mol. The van der Waals surface area contributed by atoms with Crippen LogP contribution in [-0.2, 0) is 9.59 Å². The summed E-state index contributed by atoms with van der Waals surface area (Å²) in [5, 5.41) is 6.42. The second kappa shape index (κ2) is 9.58. The van der Waals surface area contributed by atoms with Crippen LogP contribution in [0.5, 0.6) is 5.75 Å². The summed E-state index contributed by atoms with van der Waals surface area (Å²) >= 11 is 0. The minimum atomic E-state index is -0.968. The summed E-state index contributed by atoms with van der Waals surface area (Å²) in [6.07, 6.45) is -0.902. The molecule has 3 aromatic carbocycles. The molecule has 172 valence electrons. The van der Waals surface area contributed by atoms with Crippen molar-refractivity contribution in [1.82, 2.24) is 20.6 Å². The molecule has 4 rings (SSSR count). The van der Waals surface area contributed by atoms with E-state index in [0.717, 1.165) is 16.5 Å². The first kappa shape index (κ1) is 22.7. The number of ether oxygens (including phenoxy) is 1. The highest BCUT2D eigenvalue weighted by Gasteiger charge is 2.26. The van der Waals surface area contributed by atoms with E-state index >= 15 is 0 Å². The third kappa shape index (κ3) is 4.66. The van der Waals surface area contributed by atoms with Gasteiger partial charge in [-0.1, -0.05) is 48.5 Å². The van der Waals surface area contributed by atoms with Crippen LogP contribution < -0.4 is 15.6 Å². The number of hydrogen-bond donors (Lipinski definition) is 2. The van der Waals surface area contributed by atoms with Gasteiger partial charge in [-0.3, -0.25) is 25.2 Å². The van der Waals surface area contributed by atoms with Gasteiger partial charge in [0.25, 0.3) is 11.7 Å². The molecule has 0 radical (unpaired) electrons. The molecule has 1 unspecified atom stereocenters. The van der Waals surface area contributed by atoms with Gasteiger partial charge in [0.2, 0.25) is 0 Å². The molecule has 2 amide bonds. The Kier molecular flexibility index (Phi) is 6.40. The SMILES string of the molecule is Cc1nn(-c2ccccc2)c(C)c1C(=O)C(=O)NNC(=O)C(C)Oc1ccc2ccccc2c1. The maximum absolute atomic E-state index is 12.8. The summed E-state index contributed by atoms with van der Waals surface area (Å²) in [6.45, 7) is 4.92. The van der Waals surface area contributed by atoms with E-state index in [1.54, 1.807) is 31.5 Å². The molecule has 1 heterocycles. The van der Waals surface area contributed by atoms with Gasteiger partial charge in [0.15, 0.2) is 6.10 Å². The van der Waals surface area contributed by atoms with Crippen molar-refractivity contribution in [3.05, 3.63) is 89.7 Å². The highest BCUT2D eigenvalue weighted by atomic mass is 16.5. The number of aryl methyl sites for hydroxylation is 1. The zero-order chi connectivity index (χ0) is 24.2. The Hall–Kier alpha value is -4.46. The first-order valence-electron chi connectivity index (χ1n) is 10.8. The first-order chi connectivity index (χ1) is 16.3. The Morgan fingerprint density at radius 1 is 0.882 bits per heavy atom. The third-order valence-electron chi connectivity index (χ3n) is 5.43. The van der Waals surface area contributed by atoms with Crippen molar-refractivity contribution in [3.8, 4) is 11.4 Å². The summed E-state index contributed by atoms with van der Waals surface area (Å²) in [4.78, 5) is 37.7. The molecular formula is C26H24N4O4. The highest BCUT2D eigenvalue weighted by molar-refractivity contribution is 6.43. The molecule has 0 bridgehead atoms. The Morgan fingerprint density at radius 2 is 1.56 bits per heavy atom. The smallest absolute Gasteiger partial charge is 0.310 e.